The van der Waals surface area contributed by atoms with Gasteiger partial charge in [0.05, 0.1) is 31.8 Å². The molecular formula is C96H180O12. The number of hydrogen-bond acceptors (Lipinski definition) is 10. The molecule has 0 unspecified atom stereocenters. The minimum atomic E-state index is -1.78. The van der Waals surface area contributed by atoms with Crippen LogP contribution in [0.2, 0.25) is 0 Å². The van der Waals surface area contributed by atoms with Crippen molar-refractivity contribution in [3.8, 4) is 0 Å². The van der Waals surface area contributed by atoms with Gasteiger partial charge < -0.3 is 29.2 Å². The number of rotatable bonds is 90. The Kier molecular flexibility index (Phi) is 81.8. The first-order valence-electron chi connectivity index (χ1n) is 47.7. The van der Waals surface area contributed by atoms with Crippen molar-refractivity contribution < 1.29 is 57.9 Å². The highest BCUT2D eigenvalue weighted by Crippen LogP contribution is 2.44. The van der Waals surface area contributed by atoms with E-state index in [0.29, 0.717) is 38.5 Å². The number of allylic oxidation sites excluding steroid dienone is 2. The molecule has 636 valence electrons. The Labute approximate surface area is 668 Å². The predicted molar refractivity (Wildman–Crippen MR) is 456 cm³/mol. The molecule has 0 bridgehead atoms. The number of hydrogen-bond donors (Lipinski definition) is 2. The van der Waals surface area contributed by atoms with Crippen LogP contribution in [0.4, 0.5) is 0 Å². The zero-order valence-electron chi connectivity index (χ0n) is 72.1. The summed E-state index contributed by atoms with van der Waals surface area (Å²) in [6.45, 7) is 7.84. The number of esters is 4. The molecule has 0 aliphatic rings. The van der Waals surface area contributed by atoms with Crippen molar-refractivity contribution in [2.75, 3.05) is 26.4 Å². The summed E-state index contributed by atoms with van der Waals surface area (Å²) < 4.78 is 24.7. The van der Waals surface area contributed by atoms with Crippen molar-refractivity contribution in [1.29, 1.82) is 0 Å². The molecule has 0 saturated carbocycles. The van der Waals surface area contributed by atoms with Crippen molar-refractivity contribution in [1.82, 2.24) is 0 Å². The van der Waals surface area contributed by atoms with Gasteiger partial charge in [-0.1, -0.05) is 438 Å². The lowest BCUT2D eigenvalue weighted by molar-refractivity contribution is -0.180. The van der Waals surface area contributed by atoms with Gasteiger partial charge in [-0.25, -0.2) is 0 Å². The first-order valence-corrected chi connectivity index (χ1v) is 47.7. The monoisotopic (exact) mass is 1530 g/mol. The summed E-state index contributed by atoms with van der Waals surface area (Å²) in [5.74, 6) is -5.62. The molecule has 0 aromatic carbocycles. The van der Waals surface area contributed by atoms with Crippen LogP contribution in [0.5, 0.6) is 0 Å². The van der Waals surface area contributed by atoms with Crippen LogP contribution in [0, 0.1) is 17.3 Å². The minimum absolute atomic E-state index is 0.111. The Balaban J connectivity index is 6.66. The third-order valence-electron chi connectivity index (χ3n) is 23.2. The summed E-state index contributed by atoms with van der Waals surface area (Å²) in [6.07, 6.45) is 87.8. The summed E-state index contributed by atoms with van der Waals surface area (Å²) in [4.78, 5) is 81.4. The lowest BCUT2D eigenvalue weighted by atomic mass is 9.64. The second-order valence-electron chi connectivity index (χ2n) is 33.4. The Hall–Kier alpha value is -3.44. The number of ether oxygens (including phenoxy) is 4. The number of carboxylic acids is 2. The van der Waals surface area contributed by atoms with Gasteiger partial charge in [-0.15, -0.1) is 0 Å². The first kappa shape index (κ1) is 105. The van der Waals surface area contributed by atoms with E-state index in [0.717, 1.165) is 135 Å². The summed E-state index contributed by atoms with van der Waals surface area (Å²) in [5.41, 5.74) is -1.78. The maximum absolute atomic E-state index is 14.8. The molecular weight excluding hydrogens is 1350 g/mol. The second-order valence-corrected chi connectivity index (χ2v) is 33.4. The number of carbonyl (C=O) groups is 6. The zero-order valence-corrected chi connectivity index (χ0v) is 72.1. The van der Waals surface area contributed by atoms with Crippen LogP contribution in [-0.4, -0.2) is 72.5 Å². The highest BCUT2D eigenvalue weighted by atomic mass is 16.6. The van der Waals surface area contributed by atoms with E-state index in [2.05, 4.69) is 39.8 Å². The first-order chi connectivity index (χ1) is 53.0. The fourth-order valence-electron chi connectivity index (χ4n) is 15.9. The van der Waals surface area contributed by atoms with E-state index in [9.17, 15) is 33.9 Å². The van der Waals surface area contributed by atoms with Gasteiger partial charge in [-0.05, 0) is 64.2 Å². The Morgan fingerprint density at radius 2 is 0.398 bits per heavy atom. The van der Waals surface area contributed by atoms with Crippen LogP contribution in [0.1, 0.15) is 522 Å². The fourth-order valence-corrected chi connectivity index (χ4v) is 15.9. The molecule has 0 amide bonds. The van der Waals surface area contributed by atoms with E-state index in [1.807, 2.05) is 0 Å². The summed E-state index contributed by atoms with van der Waals surface area (Å²) >= 11 is 0. The van der Waals surface area contributed by atoms with E-state index in [1.165, 1.54) is 283 Å². The van der Waals surface area contributed by atoms with Crippen LogP contribution in [0.3, 0.4) is 0 Å². The molecule has 0 rings (SSSR count). The predicted octanol–water partition coefficient (Wildman–Crippen LogP) is 30.2. The molecule has 0 fully saturated rings. The van der Waals surface area contributed by atoms with Gasteiger partial charge in [-0.3, -0.25) is 28.8 Å². The highest BCUT2D eigenvalue weighted by Gasteiger charge is 2.53. The maximum atomic E-state index is 14.8. The average molecular weight is 1530 g/mol. The maximum Gasteiger partial charge on any atom is 0.310 e. The number of aliphatic carboxylic acids is 2. The van der Waals surface area contributed by atoms with Gasteiger partial charge in [-0.2, -0.15) is 0 Å². The number of unbranched alkanes of at least 4 members (excludes halogenated alkanes) is 65. The largest absolute Gasteiger partial charge is 0.481 e. The van der Waals surface area contributed by atoms with Crippen molar-refractivity contribution >= 4 is 35.8 Å². The molecule has 0 aliphatic heterocycles. The van der Waals surface area contributed by atoms with Gasteiger partial charge in [0.25, 0.3) is 0 Å². The van der Waals surface area contributed by atoms with Gasteiger partial charge >= 0.3 is 35.8 Å². The normalized spacial score (nSPS) is 11.8. The Morgan fingerprint density at radius 1 is 0.231 bits per heavy atom. The second kappa shape index (κ2) is 84.5. The molecule has 108 heavy (non-hydrogen) atoms. The van der Waals surface area contributed by atoms with Gasteiger partial charge in [0.1, 0.15) is 0 Å². The molecule has 2 N–H and O–H groups in total. The topological polar surface area (TPSA) is 180 Å². The molecule has 0 aromatic rings. The van der Waals surface area contributed by atoms with Crippen LogP contribution in [0.25, 0.3) is 0 Å². The highest BCUT2D eigenvalue weighted by molar-refractivity contribution is 5.77. The summed E-state index contributed by atoms with van der Waals surface area (Å²) in [7, 11) is 0. The van der Waals surface area contributed by atoms with E-state index in [1.54, 1.807) is 0 Å². The van der Waals surface area contributed by atoms with E-state index >= 15 is 0 Å². The van der Waals surface area contributed by atoms with Crippen molar-refractivity contribution in [2.24, 2.45) is 17.3 Å². The SMILES string of the molecule is CCCCCCCCCCCCCCCCCC(=O)OCC(COC(=O)CCCCCCCCCCCCCCCCC)C(CCCCCC/C=C/CCCCCCCC(=O)O)(C(=O)O)C(COC(=O)CCCCCCCCCCCCCCCCC)COC(=O)CCCCCCCCCCCCCCCCC. The van der Waals surface area contributed by atoms with E-state index < -0.39 is 53.1 Å². The van der Waals surface area contributed by atoms with Gasteiger partial charge in [0.15, 0.2) is 0 Å². The molecule has 0 heterocycles. The molecule has 0 aliphatic carbocycles. The average Bonchev–Trinajstić information content (AvgIpc) is 0.778. The molecule has 12 nitrogen and oxygen atoms in total. The van der Waals surface area contributed by atoms with Crippen molar-refractivity contribution in [3.63, 3.8) is 0 Å². The third-order valence-corrected chi connectivity index (χ3v) is 23.2. The summed E-state index contributed by atoms with van der Waals surface area (Å²) in [5, 5.41) is 21.0. The van der Waals surface area contributed by atoms with Gasteiger partial charge in [0.2, 0.25) is 0 Å². The zero-order chi connectivity index (χ0) is 78.6. The summed E-state index contributed by atoms with van der Waals surface area (Å²) in [6, 6.07) is 0. The number of carboxylic acid groups (broad SMARTS) is 2. The van der Waals surface area contributed by atoms with Crippen LogP contribution < -0.4 is 0 Å². The van der Waals surface area contributed by atoms with Crippen LogP contribution >= 0.6 is 0 Å². The third kappa shape index (κ3) is 71.6. The van der Waals surface area contributed by atoms with Crippen LogP contribution in [-0.2, 0) is 47.7 Å². The van der Waals surface area contributed by atoms with Crippen molar-refractivity contribution in [2.45, 2.75) is 522 Å². The molecule has 12 heteroatoms. The van der Waals surface area contributed by atoms with Gasteiger partial charge in [0, 0.05) is 43.9 Å². The molecule has 0 atom stereocenters. The van der Waals surface area contributed by atoms with Crippen molar-refractivity contribution in [3.05, 3.63) is 12.2 Å². The molecule has 0 radical (unpaired) electrons. The lowest BCUT2D eigenvalue weighted by Gasteiger charge is -2.42. The van der Waals surface area contributed by atoms with Crippen LogP contribution in [0.15, 0.2) is 12.2 Å². The fraction of sp³-hybridized carbons (Fsp3) is 0.917. The standard InChI is InChI=1S/C96H180O12/c1-5-9-13-17-21-25-29-33-37-43-49-55-61-67-73-79-91(99)105-84-88(85-106-92(100)80-74-68-62-56-50-44-38-34-30-26-22-18-14-10-6-2)96(95(103)104,83-77-71-65-59-53-47-41-42-48-54-60-66-72-78-90(97)98)89(86-107-93(101)81-75-69-63-57-51-45-39-35-31-27-23-19-15-11-7-3)87-108-94(102)82-76-70-64-58-52-46-40-36-32-28-24-20-16-12-8-4/h41,47,88-89H,5-40,42-46,48-87H2,1-4H3,(H,97,98)(H,103,104)/b47-41+. The lowest BCUT2D eigenvalue weighted by Crippen LogP contribution is -2.52. The Morgan fingerprint density at radius 3 is 0.583 bits per heavy atom. The Bertz CT molecular complexity index is 1780. The van der Waals surface area contributed by atoms with E-state index in [4.69, 9.17) is 24.1 Å². The van der Waals surface area contributed by atoms with E-state index in [-0.39, 0.29) is 65.0 Å². The number of carbonyl (C=O) groups excluding carboxylic acids is 4. The quantitative estimate of drug-likeness (QED) is 0.0255. The molecule has 0 saturated heterocycles. The molecule has 0 spiro atoms. The molecule has 0 aromatic heterocycles. The smallest absolute Gasteiger partial charge is 0.310 e. The minimum Gasteiger partial charge on any atom is -0.481 e.